The number of halogens is 5. The highest BCUT2D eigenvalue weighted by Gasteiger charge is 2.45. The van der Waals surface area contributed by atoms with Crippen LogP contribution >= 0.6 is 11.6 Å². The normalized spacial score (nSPS) is 13.6. The van der Waals surface area contributed by atoms with Crippen molar-refractivity contribution in [2.24, 2.45) is 12.5 Å². The second kappa shape index (κ2) is 14.8. The van der Waals surface area contributed by atoms with Gasteiger partial charge in [0.2, 0.25) is 11.9 Å². The molecule has 270 valence electrons. The number of hydrogen-bond acceptors (Lipinski definition) is 10. The number of nitrogens with one attached hydrogen (secondary N) is 5. The third-order valence-electron chi connectivity index (χ3n) is 7.56. The summed E-state index contributed by atoms with van der Waals surface area (Å²) in [6.07, 6.45) is -1.69. The molecule has 0 saturated heterocycles. The SMILES string of the molecule is Cn1ccc(NC(=O)C(=O)NCC(C)(C)CNC(=O)c2ccc(Nc3nc(NC4(c5ccc(Cl)cc5)CC4)nc(OCC(F)(F)F)n3)cc2F)n1. The number of aryl methyl sites for hydroxylation is 1. The van der Waals surface area contributed by atoms with E-state index in [-0.39, 0.29) is 42.1 Å². The molecule has 0 radical (unpaired) electrons. The molecule has 14 nitrogen and oxygen atoms in total. The Kier molecular flexibility index (Phi) is 10.6. The second-order valence-electron chi connectivity index (χ2n) is 12.6. The smallest absolute Gasteiger partial charge is 0.422 e. The van der Waals surface area contributed by atoms with Gasteiger partial charge in [0.1, 0.15) is 5.82 Å². The average Bonchev–Trinajstić information content (AvgIpc) is 3.72. The summed E-state index contributed by atoms with van der Waals surface area (Å²) in [6, 6.07) is 11.5. The van der Waals surface area contributed by atoms with Crippen molar-refractivity contribution in [2.45, 2.75) is 38.4 Å². The molecule has 5 rings (SSSR count). The summed E-state index contributed by atoms with van der Waals surface area (Å²) in [5.41, 5.74) is -0.680. The number of nitrogens with zero attached hydrogens (tertiary/aromatic N) is 5. The summed E-state index contributed by atoms with van der Waals surface area (Å²) >= 11 is 6.01. The molecular weight excluding hydrogens is 700 g/mol. The van der Waals surface area contributed by atoms with Crippen LogP contribution in [0.2, 0.25) is 5.02 Å². The number of carbonyl (C=O) groups is 3. The van der Waals surface area contributed by atoms with Gasteiger partial charge in [-0.2, -0.15) is 33.2 Å². The molecule has 2 heterocycles. The zero-order chi connectivity index (χ0) is 37.0. The van der Waals surface area contributed by atoms with Crippen LogP contribution in [0.4, 0.5) is 41.0 Å². The van der Waals surface area contributed by atoms with E-state index < -0.39 is 53.3 Å². The van der Waals surface area contributed by atoms with Gasteiger partial charge in [-0.3, -0.25) is 19.1 Å². The van der Waals surface area contributed by atoms with Gasteiger partial charge in [0.05, 0.1) is 11.1 Å². The van der Waals surface area contributed by atoms with Crippen molar-refractivity contribution in [3.8, 4) is 6.01 Å². The molecule has 1 fully saturated rings. The first-order valence-electron chi connectivity index (χ1n) is 15.4. The van der Waals surface area contributed by atoms with Crippen LogP contribution in [0.5, 0.6) is 6.01 Å². The van der Waals surface area contributed by atoms with E-state index in [2.05, 4.69) is 46.6 Å². The first-order valence-corrected chi connectivity index (χ1v) is 15.8. The van der Waals surface area contributed by atoms with E-state index in [9.17, 15) is 27.6 Å². The summed E-state index contributed by atoms with van der Waals surface area (Å²) in [5, 5.41) is 17.8. The lowest BCUT2D eigenvalue weighted by Gasteiger charge is -2.25. The molecule has 0 aliphatic heterocycles. The molecule has 2 aromatic carbocycles. The van der Waals surface area contributed by atoms with Gasteiger partial charge in [-0.15, -0.1) is 0 Å². The van der Waals surface area contributed by atoms with Crippen molar-refractivity contribution in [2.75, 3.05) is 35.6 Å². The Morgan fingerprint density at radius 1 is 0.941 bits per heavy atom. The number of rotatable bonds is 13. The minimum absolute atomic E-state index is 0.00532. The molecular formula is C32H33ClF4N10O4. The zero-order valence-electron chi connectivity index (χ0n) is 27.5. The fourth-order valence-electron chi connectivity index (χ4n) is 4.71. The Bertz CT molecular complexity index is 1920. The van der Waals surface area contributed by atoms with Crippen LogP contribution in [-0.4, -0.2) is 68.3 Å². The molecule has 2 aromatic heterocycles. The maximum absolute atomic E-state index is 15.2. The number of aromatic nitrogens is 5. The minimum atomic E-state index is -4.66. The largest absolute Gasteiger partial charge is 0.454 e. The van der Waals surface area contributed by atoms with Gasteiger partial charge in [0.25, 0.3) is 5.91 Å². The number of carbonyl (C=O) groups excluding carboxylic acids is 3. The number of alkyl halides is 3. The van der Waals surface area contributed by atoms with Crippen LogP contribution in [0.1, 0.15) is 42.6 Å². The topological polar surface area (TPSA) is 177 Å². The number of benzene rings is 2. The van der Waals surface area contributed by atoms with Crippen LogP contribution in [0.15, 0.2) is 54.7 Å². The summed E-state index contributed by atoms with van der Waals surface area (Å²) in [4.78, 5) is 49.4. The van der Waals surface area contributed by atoms with Gasteiger partial charge in [-0.1, -0.05) is 37.6 Å². The Morgan fingerprint density at radius 2 is 1.63 bits per heavy atom. The van der Waals surface area contributed by atoms with E-state index in [4.69, 9.17) is 16.3 Å². The quantitative estimate of drug-likeness (QED) is 0.0957. The molecule has 0 bridgehead atoms. The standard InChI is InChI=1S/C32H33ClF4N10O4/c1-30(2,16-39-25(49)26(50)41-23-10-13-47(3)46-23)15-38-24(48)21-9-8-20(14-22(21)34)40-27-42-28(44-29(43-27)51-17-32(35,36)37)45-31(11-12-31)18-4-6-19(33)7-5-18/h4-10,13-14H,11-12,15-17H2,1-3H3,(H,38,48)(H,39,49)(H,41,46,50)(H2,40,42,43,44,45). The van der Waals surface area contributed by atoms with Gasteiger partial charge in [0, 0.05) is 43.1 Å². The molecule has 5 N–H and O–H groups in total. The molecule has 3 amide bonds. The first-order chi connectivity index (χ1) is 24.0. The Balaban J connectivity index is 1.21. The summed E-state index contributed by atoms with van der Waals surface area (Å²) in [5.74, 6) is -3.61. The van der Waals surface area contributed by atoms with Gasteiger partial charge < -0.3 is 31.3 Å². The summed E-state index contributed by atoms with van der Waals surface area (Å²) in [7, 11) is 1.65. The molecule has 0 unspecified atom stereocenters. The average molecular weight is 733 g/mol. The minimum Gasteiger partial charge on any atom is -0.454 e. The van der Waals surface area contributed by atoms with Gasteiger partial charge in [0.15, 0.2) is 12.4 Å². The molecule has 19 heteroatoms. The molecule has 1 aliphatic rings. The Morgan fingerprint density at radius 3 is 2.25 bits per heavy atom. The van der Waals surface area contributed by atoms with E-state index >= 15 is 4.39 Å². The highest BCUT2D eigenvalue weighted by atomic mass is 35.5. The van der Waals surface area contributed by atoms with E-state index in [1.807, 2.05) is 12.1 Å². The first kappa shape index (κ1) is 36.8. The third kappa shape index (κ3) is 10.3. The van der Waals surface area contributed by atoms with Crippen LogP contribution < -0.4 is 31.3 Å². The molecule has 0 atom stereocenters. The molecule has 4 aromatic rings. The predicted molar refractivity (Wildman–Crippen MR) is 178 cm³/mol. The fourth-order valence-corrected chi connectivity index (χ4v) is 4.84. The molecule has 0 spiro atoms. The lowest BCUT2D eigenvalue weighted by molar-refractivity contribution is -0.154. The van der Waals surface area contributed by atoms with Crippen molar-refractivity contribution in [3.63, 3.8) is 0 Å². The Labute approximate surface area is 293 Å². The molecule has 1 aliphatic carbocycles. The summed E-state index contributed by atoms with van der Waals surface area (Å²) in [6.45, 7) is 1.80. The lowest BCUT2D eigenvalue weighted by atomic mass is 9.93. The van der Waals surface area contributed by atoms with E-state index in [0.29, 0.717) is 17.9 Å². The highest BCUT2D eigenvalue weighted by Crippen LogP contribution is 2.48. The molecule has 51 heavy (non-hydrogen) atoms. The Hall–Kier alpha value is -5.52. The zero-order valence-corrected chi connectivity index (χ0v) is 28.2. The number of hydrogen-bond donors (Lipinski definition) is 5. The van der Waals surface area contributed by atoms with Gasteiger partial charge >= 0.3 is 24.0 Å². The predicted octanol–water partition coefficient (Wildman–Crippen LogP) is 4.69. The van der Waals surface area contributed by atoms with E-state index in [1.54, 1.807) is 39.2 Å². The van der Waals surface area contributed by atoms with Gasteiger partial charge in [-0.25, -0.2) is 4.39 Å². The fraction of sp³-hybridized carbons (Fsp3) is 0.344. The van der Waals surface area contributed by atoms with Crippen LogP contribution in [-0.2, 0) is 22.2 Å². The van der Waals surface area contributed by atoms with E-state index in [0.717, 1.165) is 11.6 Å². The van der Waals surface area contributed by atoms with Crippen molar-refractivity contribution in [3.05, 3.63) is 76.7 Å². The van der Waals surface area contributed by atoms with E-state index in [1.165, 1.54) is 22.9 Å². The lowest BCUT2D eigenvalue weighted by Crippen LogP contribution is -2.45. The summed E-state index contributed by atoms with van der Waals surface area (Å²) < 4.78 is 60.2. The second-order valence-corrected chi connectivity index (χ2v) is 13.0. The van der Waals surface area contributed by atoms with Crippen molar-refractivity contribution in [1.29, 1.82) is 0 Å². The maximum atomic E-state index is 15.2. The number of anilines is 4. The van der Waals surface area contributed by atoms with Crippen molar-refractivity contribution < 1.29 is 36.7 Å². The van der Waals surface area contributed by atoms with Crippen LogP contribution in [0.3, 0.4) is 0 Å². The molecule has 1 saturated carbocycles. The monoisotopic (exact) mass is 732 g/mol. The number of amides is 3. The highest BCUT2D eigenvalue weighted by molar-refractivity contribution is 6.39. The van der Waals surface area contributed by atoms with Crippen molar-refractivity contribution >= 4 is 52.7 Å². The number of ether oxygens (including phenoxy) is 1. The van der Waals surface area contributed by atoms with Crippen LogP contribution in [0, 0.1) is 11.2 Å². The maximum Gasteiger partial charge on any atom is 0.422 e. The van der Waals surface area contributed by atoms with Crippen LogP contribution in [0.25, 0.3) is 0 Å². The van der Waals surface area contributed by atoms with Crippen molar-refractivity contribution in [1.82, 2.24) is 35.4 Å². The van der Waals surface area contributed by atoms with Gasteiger partial charge in [-0.05, 0) is 54.2 Å². The third-order valence-corrected chi connectivity index (χ3v) is 7.82.